The number of hydrogen-bond acceptors (Lipinski definition) is 4. The topological polar surface area (TPSA) is 59.9 Å². The molecule has 0 aliphatic rings. The van der Waals surface area contributed by atoms with Crippen molar-refractivity contribution in [2.75, 3.05) is 0 Å². The third-order valence-corrected chi connectivity index (χ3v) is 1.45. The fourth-order valence-electron chi connectivity index (χ4n) is 0.562. The van der Waals surface area contributed by atoms with Crippen LogP contribution < -0.4 is 0 Å². The molecule has 0 aliphatic carbocycles. The summed E-state index contributed by atoms with van der Waals surface area (Å²) in [5.74, 6) is 0. The monoisotopic (exact) mass is 194 g/mol. The molecular weight excluding hydrogens is 187 g/mol. The summed E-state index contributed by atoms with van der Waals surface area (Å²) in [4.78, 5) is 7.67. The Kier molecular flexibility index (Phi) is 5.32. The number of aromatic nitrogens is 2. The van der Waals surface area contributed by atoms with Gasteiger partial charge >= 0.3 is 29.6 Å². The van der Waals surface area contributed by atoms with Crippen molar-refractivity contribution in [3.63, 3.8) is 0 Å². The molecule has 0 saturated heterocycles. The first-order valence-corrected chi connectivity index (χ1v) is 4.04. The van der Waals surface area contributed by atoms with Gasteiger partial charge in [-0.15, -0.1) is 0 Å². The van der Waals surface area contributed by atoms with Gasteiger partial charge in [-0.2, -0.15) is 8.42 Å². The van der Waals surface area contributed by atoms with Crippen LogP contribution in [0.25, 0.3) is 0 Å². The van der Waals surface area contributed by atoms with Crippen LogP contribution >= 0.6 is 0 Å². The van der Waals surface area contributed by atoms with Gasteiger partial charge < -0.3 is 0 Å². The molecule has 1 aromatic rings. The summed E-state index contributed by atoms with van der Waals surface area (Å²) in [5, 5.41) is 1.01. The van der Waals surface area contributed by atoms with Gasteiger partial charge in [0.05, 0.1) is 23.0 Å². The van der Waals surface area contributed by atoms with Crippen LogP contribution in [0.15, 0.2) is 12.4 Å². The van der Waals surface area contributed by atoms with Crippen LogP contribution in [0.3, 0.4) is 0 Å². The molecule has 12 heavy (non-hydrogen) atoms. The molecule has 1 heterocycles. The molecule has 0 saturated carbocycles. The molecule has 6 heteroatoms. The van der Waals surface area contributed by atoms with E-state index in [0.29, 0.717) is 5.69 Å². The first kappa shape index (κ1) is 11.8. The molecule has 0 unspecified atom stereocenters. The molecular formula is C6H7N2NaO2S. The van der Waals surface area contributed by atoms with Crippen LogP contribution in [0.1, 0.15) is 11.4 Å². The quantitative estimate of drug-likeness (QED) is 0.432. The van der Waals surface area contributed by atoms with E-state index in [1.807, 2.05) is 0 Å². The third kappa shape index (κ3) is 3.96. The number of rotatable bonds is 1. The van der Waals surface area contributed by atoms with Crippen LogP contribution in [-0.2, 0) is 10.3 Å². The van der Waals surface area contributed by atoms with E-state index in [2.05, 4.69) is 9.97 Å². The molecule has 0 fully saturated rings. The van der Waals surface area contributed by atoms with Crippen molar-refractivity contribution in [3.05, 3.63) is 23.8 Å². The van der Waals surface area contributed by atoms with E-state index in [1.165, 1.54) is 12.4 Å². The Morgan fingerprint density at radius 2 is 2.00 bits per heavy atom. The molecule has 0 aliphatic heterocycles. The van der Waals surface area contributed by atoms with Crippen molar-refractivity contribution in [3.8, 4) is 0 Å². The molecule has 1 aromatic heterocycles. The standard InChI is InChI=1S/C6H6N2O2S.Na.H/c1-5-2-8-6(3-7-5)4-11(9)10;;/h2-4H,1H3;;. The Bertz CT molecular complexity index is 363. The van der Waals surface area contributed by atoms with Crippen molar-refractivity contribution in [2.45, 2.75) is 6.92 Å². The Morgan fingerprint density at radius 3 is 2.42 bits per heavy atom. The van der Waals surface area contributed by atoms with Crippen LogP contribution in [0.4, 0.5) is 0 Å². The van der Waals surface area contributed by atoms with Crippen LogP contribution in [0, 0.1) is 6.92 Å². The average molecular weight is 194 g/mol. The first-order chi connectivity index (χ1) is 5.18. The normalized spacial score (nSPS) is 8.42. The third-order valence-electron chi connectivity index (χ3n) is 1.02. The molecule has 60 valence electrons. The molecule has 0 N–H and O–H groups in total. The summed E-state index contributed by atoms with van der Waals surface area (Å²) >= 11 is 0. The molecule has 4 nitrogen and oxygen atoms in total. The van der Waals surface area contributed by atoms with Crippen molar-refractivity contribution < 1.29 is 8.42 Å². The molecule has 0 aromatic carbocycles. The van der Waals surface area contributed by atoms with E-state index >= 15 is 0 Å². The van der Waals surface area contributed by atoms with Gasteiger partial charge in [-0.25, -0.2) is 0 Å². The van der Waals surface area contributed by atoms with Gasteiger partial charge in [0.25, 0.3) is 0 Å². The SMILES string of the molecule is Cc1cnc(C=S(=O)=O)cn1.[NaH]. The van der Waals surface area contributed by atoms with Crippen molar-refractivity contribution in [1.82, 2.24) is 9.97 Å². The maximum atomic E-state index is 10.1. The fourth-order valence-corrected chi connectivity index (χ4v) is 0.881. The van der Waals surface area contributed by atoms with E-state index in [0.717, 1.165) is 11.1 Å². The summed E-state index contributed by atoms with van der Waals surface area (Å²) in [6.07, 6.45) is 2.92. The Labute approximate surface area is 93.9 Å². The second-order valence-corrected chi connectivity index (χ2v) is 2.72. The van der Waals surface area contributed by atoms with Gasteiger partial charge in [-0.05, 0) is 6.92 Å². The predicted molar refractivity (Wildman–Crippen MR) is 48.0 cm³/mol. The predicted octanol–water partition coefficient (Wildman–Crippen LogP) is -0.834. The number of nitrogens with zero attached hydrogens (tertiary/aromatic N) is 2. The Balaban J connectivity index is 0.00000121. The van der Waals surface area contributed by atoms with E-state index in [-0.39, 0.29) is 29.6 Å². The van der Waals surface area contributed by atoms with E-state index in [4.69, 9.17) is 0 Å². The first-order valence-electron chi connectivity index (χ1n) is 2.90. The summed E-state index contributed by atoms with van der Waals surface area (Å²) in [6, 6.07) is 0. The maximum absolute atomic E-state index is 10.1. The van der Waals surface area contributed by atoms with Gasteiger partial charge in [0.2, 0.25) is 10.3 Å². The van der Waals surface area contributed by atoms with Gasteiger partial charge in [-0.1, -0.05) is 0 Å². The summed E-state index contributed by atoms with van der Waals surface area (Å²) in [5.41, 5.74) is 1.11. The zero-order valence-corrected chi connectivity index (χ0v) is 6.67. The zero-order chi connectivity index (χ0) is 8.27. The summed E-state index contributed by atoms with van der Waals surface area (Å²) in [6.45, 7) is 1.78. The molecule has 1 rings (SSSR count). The van der Waals surface area contributed by atoms with E-state index < -0.39 is 10.3 Å². The molecule has 0 spiro atoms. The molecule has 0 amide bonds. The van der Waals surface area contributed by atoms with Crippen molar-refractivity contribution in [1.29, 1.82) is 0 Å². The second kappa shape index (κ2) is 5.42. The molecule has 0 atom stereocenters. The molecule has 0 bridgehead atoms. The number of aryl methyl sites for hydroxylation is 1. The molecule has 0 radical (unpaired) electrons. The van der Waals surface area contributed by atoms with E-state index in [1.54, 1.807) is 6.92 Å². The van der Waals surface area contributed by atoms with Crippen LogP contribution in [-0.4, -0.2) is 53.3 Å². The summed E-state index contributed by atoms with van der Waals surface area (Å²) < 4.78 is 20.3. The van der Waals surface area contributed by atoms with Crippen molar-refractivity contribution >= 4 is 45.2 Å². The van der Waals surface area contributed by atoms with Crippen LogP contribution in [0.2, 0.25) is 0 Å². The Hall–Kier alpha value is -0.230. The Morgan fingerprint density at radius 1 is 1.33 bits per heavy atom. The fraction of sp³-hybridized carbons (Fsp3) is 0.167. The van der Waals surface area contributed by atoms with Gasteiger partial charge in [0.15, 0.2) is 0 Å². The average Bonchev–Trinajstić information content (AvgIpc) is 1.93. The number of hydrogen-bond donors (Lipinski definition) is 0. The van der Waals surface area contributed by atoms with Crippen molar-refractivity contribution in [2.24, 2.45) is 0 Å². The zero-order valence-electron chi connectivity index (χ0n) is 5.85. The summed E-state index contributed by atoms with van der Waals surface area (Å²) in [7, 11) is -2.20. The minimum absolute atomic E-state index is 0. The van der Waals surface area contributed by atoms with Crippen LogP contribution in [0.5, 0.6) is 0 Å². The minimum atomic E-state index is -2.20. The van der Waals surface area contributed by atoms with Gasteiger partial charge in [0.1, 0.15) is 0 Å². The second-order valence-electron chi connectivity index (χ2n) is 1.96. The van der Waals surface area contributed by atoms with Gasteiger partial charge in [-0.3, -0.25) is 9.97 Å². The van der Waals surface area contributed by atoms with E-state index in [9.17, 15) is 8.42 Å². The van der Waals surface area contributed by atoms with Gasteiger partial charge in [0, 0.05) is 6.20 Å².